The van der Waals surface area contributed by atoms with Gasteiger partial charge in [0.2, 0.25) is 5.91 Å². The molecule has 3 heterocycles. The summed E-state index contributed by atoms with van der Waals surface area (Å²) in [7, 11) is 0. The zero-order valence-corrected chi connectivity index (χ0v) is 44.1. The van der Waals surface area contributed by atoms with E-state index in [1.54, 1.807) is 6.08 Å². The fourth-order valence-electron chi connectivity index (χ4n) is 9.56. The van der Waals surface area contributed by atoms with Crippen LogP contribution in [0, 0.1) is 0 Å². The van der Waals surface area contributed by atoms with Crippen LogP contribution in [0.2, 0.25) is 0 Å². The minimum absolute atomic E-state index is 0.237. The number of unbranched alkanes of at least 4 members (excludes halogenated alkanes) is 22. The Balaban J connectivity index is 1.51. The minimum atomic E-state index is -1.98. The molecule has 3 saturated heterocycles. The lowest BCUT2D eigenvalue weighted by atomic mass is 9.96. The summed E-state index contributed by atoms with van der Waals surface area (Å²) >= 11 is 0. The van der Waals surface area contributed by atoms with Crippen LogP contribution in [0.4, 0.5) is 0 Å². The largest absolute Gasteiger partial charge is 0.394 e. The molecule has 0 aromatic heterocycles. The normalized spacial score (nSPS) is 31.9. The molecule has 19 heteroatoms. The van der Waals surface area contributed by atoms with Gasteiger partial charge in [0.15, 0.2) is 18.9 Å². The van der Waals surface area contributed by atoms with Gasteiger partial charge in [0.1, 0.15) is 73.2 Å². The number of carbonyl (C=O) groups is 1. The first-order chi connectivity index (χ1) is 35.3. The first-order valence-electron chi connectivity index (χ1n) is 28.1. The van der Waals surface area contributed by atoms with Gasteiger partial charge in [0, 0.05) is 6.42 Å². The van der Waals surface area contributed by atoms with Crippen molar-refractivity contribution in [3.05, 3.63) is 24.3 Å². The molecule has 3 aliphatic heterocycles. The second-order valence-corrected chi connectivity index (χ2v) is 20.4. The Morgan fingerprint density at radius 1 is 0.479 bits per heavy atom. The second kappa shape index (κ2) is 38.8. The van der Waals surface area contributed by atoms with E-state index >= 15 is 0 Å². The van der Waals surface area contributed by atoms with Crippen LogP contribution in [0.15, 0.2) is 24.3 Å². The van der Waals surface area contributed by atoms with E-state index in [2.05, 4.69) is 31.3 Å². The van der Waals surface area contributed by atoms with Gasteiger partial charge in [-0.1, -0.05) is 167 Å². The summed E-state index contributed by atoms with van der Waals surface area (Å²) in [6.45, 7) is 1.64. The van der Waals surface area contributed by atoms with Crippen LogP contribution in [0.3, 0.4) is 0 Å². The van der Waals surface area contributed by atoms with Gasteiger partial charge in [-0.3, -0.25) is 4.79 Å². The van der Waals surface area contributed by atoms with Crippen LogP contribution in [-0.4, -0.2) is 193 Å². The number of aliphatic hydroxyl groups excluding tert-OH is 11. The fraction of sp³-hybridized carbons (Fsp3) is 0.907. The third-order valence-electron chi connectivity index (χ3n) is 14.3. The maximum atomic E-state index is 13.2. The van der Waals surface area contributed by atoms with E-state index in [9.17, 15) is 61.0 Å². The van der Waals surface area contributed by atoms with Crippen LogP contribution in [0.5, 0.6) is 0 Å². The zero-order chi connectivity index (χ0) is 53.4. The molecule has 1 amide bonds. The van der Waals surface area contributed by atoms with Crippen LogP contribution in [0.1, 0.15) is 181 Å². The summed E-state index contributed by atoms with van der Waals surface area (Å²) in [6, 6.07) is -0.982. The Morgan fingerprint density at radius 2 is 0.877 bits per heavy atom. The van der Waals surface area contributed by atoms with Crippen molar-refractivity contribution in [2.45, 2.75) is 285 Å². The summed E-state index contributed by atoms with van der Waals surface area (Å²) in [5.74, 6) is -0.291. The second-order valence-electron chi connectivity index (χ2n) is 20.4. The Bertz CT molecular complexity index is 1440. The highest BCUT2D eigenvalue weighted by molar-refractivity contribution is 5.76. The lowest BCUT2D eigenvalue weighted by molar-refractivity contribution is -0.379. The molecule has 3 rings (SSSR count). The lowest BCUT2D eigenvalue weighted by Crippen LogP contribution is -2.66. The molecule has 17 atom stereocenters. The number of carbonyl (C=O) groups excluding carboxylic acids is 1. The minimum Gasteiger partial charge on any atom is -0.394 e. The smallest absolute Gasteiger partial charge is 0.220 e. The summed E-state index contributed by atoms with van der Waals surface area (Å²) in [5, 5.41) is 120. The lowest BCUT2D eigenvalue weighted by Gasteiger charge is -2.48. The van der Waals surface area contributed by atoms with Crippen molar-refractivity contribution in [2.24, 2.45) is 0 Å². The van der Waals surface area contributed by atoms with Crippen molar-refractivity contribution in [1.82, 2.24) is 5.32 Å². The molecular weight excluding hydrogens is 951 g/mol. The molecule has 0 spiro atoms. The first-order valence-corrected chi connectivity index (χ1v) is 28.1. The highest BCUT2D eigenvalue weighted by Crippen LogP contribution is 2.33. The molecule has 0 aromatic carbocycles. The standard InChI is InChI=1S/C54H99NO18/c1-3-5-7-9-11-13-14-15-16-17-18-19-20-21-22-23-24-25-27-29-31-38(59)37(55-42(60)32-30-28-26-12-10-8-6-4-2)36-68-52-48(66)45(63)50(40(34-57)70-52)73-54-49(67)46(64)51(41(35-58)71-54)72-53-47(65)44(62)43(61)39(33-56)69-53/h23-24,29,31,37-41,43-54,56-59,61-67H,3-22,25-28,30,32-36H2,1-2H3,(H,55,60)/b24-23+,31-29+. The highest BCUT2D eigenvalue weighted by atomic mass is 16.8. The molecule has 428 valence electrons. The Hall–Kier alpha value is -1.73. The average Bonchev–Trinajstić information content (AvgIpc) is 3.39. The Morgan fingerprint density at radius 3 is 1.37 bits per heavy atom. The molecular formula is C54H99NO18. The van der Waals surface area contributed by atoms with Crippen molar-refractivity contribution in [1.29, 1.82) is 0 Å². The molecule has 0 bridgehead atoms. The first kappa shape index (κ1) is 65.6. The number of hydrogen-bond donors (Lipinski definition) is 12. The summed E-state index contributed by atoms with van der Waals surface area (Å²) < 4.78 is 34.1. The van der Waals surface area contributed by atoms with Gasteiger partial charge in [-0.15, -0.1) is 0 Å². The number of ether oxygens (including phenoxy) is 6. The molecule has 0 aliphatic carbocycles. The van der Waals surface area contributed by atoms with Crippen LogP contribution in [-0.2, 0) is 33.2 Å². The number of amides is 1. The van der Waals surface area contributed by atoms with Crippen molar-refractivity contribution in [2.75, 3.05) is 26.4 Å². The van der Waals surface area contributed by atoms with Crippen molar-refractivity contribution in [3.8, 4) is 0 Å². The van der Waals surface area contributed by atoms with Gasteiger partial charge < -0.3 is 89.9 Å². The molecule has 3 fully saturated rings. The Kier molecular flexibility index (Phi) is 34.8. The van der Waals surface area contributed by atoms with Gasteiger partial charge >= 0.3 is 0 Å². The predicted octanol–water partition coefficient (Wildman–Crippen LogP) is 3.59. The number of allylic oxidation sites excluding steroid dienone is 3. The van der Waals surface area contributed by atoms with Crippen molar-refractivity contribution < 1.29 is 89.4 Å². The van der Waals surface area contributed by atoms with E-state index in [0.29, 0.717) is 12.8 Å². The third-order valence-corrected chi connectivity index (χ3v) is 14.3. The molecule has 0 saturated carbocycles. The van der Waals surface area contributed by atoms with Gasteiger partial charge in [0.25, 0.3) is 0 Å². The molecule has 19 nitrogen and oxygen atoms in total. The SMILES string of the molecule is CCCCCCCCCCCCCCCC/C=C/CC/C=C/C(O)C(COC1OC(CO)C(OC2OC(CO)C(OC3OC(CO)C(O)C(O)C3O)C(O)C2O)C(O)C1O)NC(=O)CCCCCCCCCC. The fourth-order valence-corrected chi connectivity index (χ4v) is 9.56. The van der Waals surface area contributed by atoms with E-state index in [-0.39, 0.29) is 18.9 Å². The number of aliphatic hydroxyl groups is 11. The summed E-state index contributed by atoms with van der Waals surface area (Å²) in [6.07, 6.45) is 10.6. The molecule has 0 radical (unpaired) electrons. The van der Waals surface area contributed by atoms with E-state index in [1.807, 2.05) is 6.08 Å². The number of hydrogen-bond acceptors (Lipinski definition) is 18. The molecule has 3 aliphatic rings. The van der Waals surface area contributed by atoms with Gasteiger partial charge in [-0.25, -0.2) is 0 Å². The van der Waals surface area contributed by atoms with E-state index in [1.165, 1.54) is 103 Å². The van der Waals surface area contributed by atoms with Gasteiger partial charge in [-0.2, -0.15) is 0 Å². The van der Waals surface area contributed by atoms with Crippen LogP contribution < -0.4 is 5.32 Å². The summed E-state index contributed by atoms with van der Waals surface area (Å²) in [5.41, 5.74) is 0. The van der Waals surface area contributed by atoms with Gasteiger partial charge in [0.05, 0.1) is 38.6 Å². The third kappa shape index (κ3) is 23.8. The molecule has 73 heavy (non-hydrogen) atoms. The van der Waals surface area contributed by atoms with Gasteiger partial charge in [-0.05, 0) is 32.1 Å². The van der Waals surface area contributed by atoms with E-state index in [4.69, 9.17) is 28.4 Å². The maximum absolute atomic E-state index is 13.2. The summed E-state index contributed by atoms with van der Waals surface area (Å²) in [4.78, 5) is 13.2. The van der Waals surface area contributed by atoms with Crippen LogP contribution in [0.25, 0.3) is 0 Å². The average molecular weight is 1050 g/mol. The molecule has 12 N–H and O–H groups in total. The Labute approximate surface area is 435 Å². The predicted molar refractivity (Wildman–Crippen MR) is 273 cm³/mol. The number of rotatable bonds is 40. The van der Waals surface area contributed by atoms with Crippen LogP contribution >= 0.6 is 0 Å². The molecule has 17 unspecified atom stereocenters. The highest BCUT2D eigenvalue weighted by Gasteiger charge is 2.53. The van der Waals surface area contributed by atoms with Crippen molar-refractivity contribution in [3.63, 3.8) is 0 Å². The van der Waals surface area contributed by atoms with E-state index in [0.717, 1.165) is 44.9 Å². The number of nitrogens with one attached hydrogen (secondary N) is 1. The zero-order valence-electron chi connectivity index (χ0n) is 44.1. The topological polar surface area (TPSA) is 307 Å². The van der Waals surface area contributed by atoms with Crippen molar-refractivity contribution >= 4 is 5.91 Å². The molecule has 0 aromatic rings. The quantitative estimate of drug-likeness (QED) is 0.0308. The maximum Gasteiger partial charge on any atom is 0.220 e. The monoisotopic (exact) mass is 1050 g/mol. The van der Waals surface area contributed by atoms with E-state index < -0.39 is 124 Å².